The van der Waals surface area contributed by atoms with Crippen molar-refractivity contribution in [2.24, 2.45) is 0 Å². The zero-order valence-corrected chi connectivity index (χ0v) is 15.2. The van der Waals surface area contributed by atoms with E-state index in [4.69, 9.17) is 4.98 Å². The molecule has 1 saturated heterocycles. The molecule has 0 spiro atoms. The molecule has 5 heteroatoms. The molecule has 0 saturated carbocycles. The summed E-state index contributed by atoms with van der Waals surface area (Å²) in [4.78, 5) is 22.9. The molecule has 3 heterocycles. The molecule has 1 aromatic carbocycles. The van der Waals surface area contributed by atoms with Crippen LogP contribution in [0.2, 0.25) is 0 Å². The van der Waals surface area contributed by atoms with E-state index >= 15 is 0 Å². The van der Waals surface area contributed by atoms with Gasteiger partial charge in [0.1, 0.15) is 11.4 Å². The van der Waals surface area contributed by atoms with Crippen molar-refractivity contribution in [3.8, 4) is 11.1 Å². The zero-order chi connectivity index (χ0) is 17.1. The molecule has 130 valence electrons. The van der Waals surface area contributed by atoms with Gasteiger partial charge < -0.3 is 9.88 Å². The first-order valence-corrected chi connectivity index (χ1v) is 10.1. The first kappa shape index (κ1) is 16.5. The first-order valence-electron chi connectivity index (χ1n) is 9.20. The number of nitrogens with one attached hydrogen (secondary N) is 2. The van der Waals surface area contributed by atoms with E-state index in [-0.39, 0.29) is 5.56 Å². The highest BCUT2D eigenvalue weighted by Gasteiger charge is 2.17. The van der Waals surface area contributed by atoms with Gasteiger partial charge in [0.15, 0.2) is 5.82 Å². The van der Waals surface area contributed by atoms with Crippen molar-refractivity contribution < 1.29 is 4.90 Å². The Morgan fingerprint density at radius 2 is 1.76 bits per heavy atom. The molecule has 0 radical (unpaired) electrons. The SMILES string of the molecule is O=c1[nH]c(C[NH+]2CCCCCCC2)nc2scc(-c3ccccc3)c12. The van der Waals surface area contributed by atoms with Gasteiger partial charge in [-0.2, -0.15) is 0 Å². The normalized spacial score (nSPS) is 16.6. The van der Waals surface area contributed by atoms with Gasteiger partial charge in [0.05, 0.1) is 18.5 Å². The molecule has 0 atom stereocenters. The minimum absolute atomic E-state index is 0.00783. The Morgan fingerprint density at radius 3 is 2.52 bits per heavy atom. The number of likely N-dealkylation sites (tertiary alicyclic amines) is 1. The second-order valence-electron chi connectivity index (χ2n) is 6.90. The van der Waals surface area contributed by atoms with Gasteiger partial charge in [-0.15, -0.1) is 11.3 Å². The van der Waals surface area contributed by atoms with Crippen LogP contribution in [0.4, 0.5) is 0 Å². The fourth-order valence-electron chi connectivity index (χ4n) is 3.73. The van der Waals surface area contributed by atoms with Crippen LogP contribution < -0.4 is 10.5 Å². The number of quaternary nitrogens is 1. The average molecular weight is 354 g/mol. The maximum Gasteiger partial charge on any atom is 0.260 e. The molecule has 1 aliphatic heterocycles. The van der Waals surface area contributed by atoms with Gasteiger partial charge in [-0.05, 0) is 31.2 Å². The highest BCUT2D eigenvalue weighted by Crippen LogP contribution is 2.30. The Morgan fingerprint density at radius 1 is 1.04 bits per heavy atom. The molecule has 0 aliphatic carbocycles. The van der Waals surface area contributed by atoms with E-state index in [9.17, 15) is 4.79 Å². The summed E-state index contributed by atoms with van der Waals surface area (Å²) in [7, 11) is 0. The summed E-state index contributed by atoms with van der Waals surface area (Å²) in [6.45, 7) is 3.19. The summed E-state index contributed by atoms with van der Waals surface area (Å²) < 4.78 is 0. The molecule has 3 aromatic rings. The van der Waals surface area contributed by atoms with Crippen molar-refractivity contribution in [3.63, 3.8) is 0 Å². The van der Waals surface area contributed by atoms with Crippen LogP contribution in [0.15, 0.2) is 40.5 Å². The van der Waals surface area contributed by atoms with E-state index in [1.165, 1.54) is 45.2 Å². The Hall–Kier alpha value is -1.98. The van der Waals surface area contributed by atoms with Crippen molar-refractivity contribution in [2.75, 3.05) is 13.1 Å². The van der Waals surface area contributed by atoms with Crippen LogP contribution in [-0.2, 0) is 6.54 Å². The number of fused-ring (bicyclic) bond motifs is 1. The van der Waals surface area contributed by atoms with Crippen molar-refractivity contribution in [1.82, 2.24) is 9.97 Å². The third-order valence-electron chi connectivity index (χ3n) is 5.06. The van der Waals surface area contributed by atoms with E-state index in [1.54, 1.807) is 16.2 Å². The highest BCUT2D eigenvalue weighted by molar-refractivity contribution is 7.17. The lowest BCUT2D eigenvalue weighted by molar-refractivity contribution is -0.915. The maximum atomic E-state index is 12.7. The predicted octanol–water partition coefficient (Wildman–Crippen LogP) is 3.00. The van der Waals surface area contributed by atoms with Crippen molar-refractivity contribution in [1.29, 1.82) is 0 Å². The Kier molecular flexibility index (Phi) is 4.95. The molecular weight excluding hydrogens is 330 g/mol. The number of nitrogens with zero attached hydrogens (tertiary/aromatic N) is 1. The third-order valence-corrected chi connectivity index (χ3v) is 5.93. The van der Waals surface area contributed by atoms with Crippen LogP contribution in [0.25, 0.3) is 21.3 Å². The van der Waals surface area contributed by atoms with Crippen LogP contribution in [0.1, 0.15) is 37.9 Å². The summed E-state index contributed by atoms with van der Waals surface area (Å²) in [6.07, 6.45) is 6.58. The van der Waals surface area contributed by atoms with Crippen molar-refractivity contribution in [3.05, 3.63) is 51.9 Å². The molecule has 25 heavy (non-hydrogen) atoms. The van der Waals surface area contributed by atoms with Crippen molar-refractivity contribution in [2.45, 2.75) is 38.6 Å². The van der Waals surface area contributed by atoms with Gasteiger partial charge in [0.25, 0.3) is 5.56 Å². The zero-order valence-electron chi connectivity index (χ0n) is 14.4. The molecule has 2 N–H and O–H groups in total. The quantitative estimate of drug-likeness (QED) is 0.760. The minimum Gasteiger partial charge on any atom is -0.329 e. The summed E-state index contributed by atoms with van der Waals surface area (Å²) in [5.41, 5.74) is 2.05. The summed E-state index contributed by atoms with van der Waals surface area (Å²) in [5, 5.41) is 2.78. The van der Waals surface area contributed by atoms with E-state index in [0.717, 1.165) is 33.7 Å². The topological polar surface area (TPSA) is 50.2 Å². The molecule has 0 amide bonds. The Labute approximate surface area is 151 Å². The molecule has 2 aromatic heterocycles. The number of aromatic nitrogens is 2. The number of aromatic amines is 1. The predicted molar refractivity (Wildman–Crippen MR) is 103 cm³/mol. The number of hydrogen-bond donors (Lipinski definition) is 2. The van der Waals surface area contributed by atoms with E-state index < -0.39 is 0 Å². The lowest BCUT2D eigenvalue weighted by Gasteiger charge is -2.21. The minimum atomic E-state index is -0.00783. The van der Waals surface area contributed by atoms with E-state index in [1.807, 2.05) is 30.3 Å². The molecular formula is C20H24N3OS+. The number of hydrogen-bond acceptors (Lipinski definition) is 3. The molecule has 0 unspecified atom stereocenters. The Balaban J connectivity index is 1.63. The summed E-state index contributed by atoms with van der Waals surface area (Å²) >= 11 is 1.57. The summed E-state index contributed by atoms with van der Waals surface area (Å²) in [5.74, 6) is 0.828. The lowest BCUT2D eigenvalue weighted by Crippen LogP contribution is -3.10. The third kappa shape index (κ3) is 3.67. The van der Waals surface area contributed by atoms with E-state index in [0.29, 0.717) is 0 Å². The molecule has 0 bridgehead atoms. The van der Waals surface area contributed by atoms with Crippen LogP contribution >= 0.6 is 11.3 Å². The standard InChI is InChI=1S/C20H23N3OS/c24-19-18-16(15-9-5-4-6-10-15)14-25-20(18)22-17(21-19)13-23-11-7-2-1-3-8-12-23/h4-6,9-10,14H,1-3,7-8,11-13H2,(H,21,22,24)/p+1. The van der Waals surface area contributed by atoms with Crippen LogP contribution in [0, 0.1) is 0 Å². The number of thiophene rings is 1. The smallest absolute Gasteiger partial charge is 0.260 e. The van der Waals surface area contributed by atoms with Gasteiger partial charge in [0, 0.05) is 10.9 Å². The molecule has 1 fully saturated rings. The lowest BCUT2D eigenvalue weighted by atomic mass is 10.1. The highest BCUT2D eigenvalue weighted by atomic mass is 32.1. The van der Waals surface area contributed by atoms with Gasteiger partial charge >= 0.3 is 0 Å². The van der Waals surface area contributed by atoms with Gasteiger partial charge in [0.2, 0.25) is 0 Å². The Bertz CT molecular complexity index is 892. The molecule has 4 nitrogen and oxygen atoms in total. The van der Waals surface area contributed by atoms with Crippen molar-refractivity contribution >= 4 is 21.6 Å². The first-order chi connectivity index (χ1) is 12.3. The number of H-pyrrole nitrogens is 1. The molecule has 1 aliphatic rings. The van der Waals surface area contributed by atoms with Gasteiger partial charge in [-0.3, -0.25) is 4.79 Å². The fourth-order valence-corrected chi connectivity index (χ4v) is 4.69. The number of benzene rings is 1. The van der Waals surface area contributed by atoms with E-state index in [2.05, 4.69) is 10.4 Å². The second kappa shape index (κ2) is 7.50. The monoisotopic (exact) mass is 354 g/mol. The summed E-state index contributed by atoms with van der Waals surface area (Å²) in [6, 6.07) is 10.1. The largest absolute Gasteiger partial charge is 0.329 e. The van der Waals surface area contributed by atoms with Gasteiger partial charge in [-0.1, -0.05) is 36.8 Å². The van der Waals surface area contributed by atoms with Crippen LogP contribution in [0.3, 0.4) is 0 Å². The maximum absolute atomic E-state index is 12.7. The fraction of sp³-hybridized carbons (Fsp3) is 0.400. The molecule has 4 rings (SSSR count). The van der Waals surface area contributed by atoms with Crippen LogP contribution in [-0.4, -0.2) is 23.1 Å². The van der Waals surface area contributed by atoms with Gasteiger partial charge in [-0.25, -0.2) is 4.98 Å². The number of rotatable bonds is 3. The second-order valence-corrected chi connectivity index (χ2v) is 7.76. The van der Waals surface area contributed by atoms with Crippen LogP contribution in [0.5, 0.6) is 0 Å². The average Bonchev–Trinajstić information content (AvgIpc) is 3.02.